The fraction of sp³-hybridized carbons (Fsp3) is 0.818. The van der Waals surface area contributed by atoms with Crippen molar-refractivity contribution in [2.45, 2.75) is 26.4 Å². The molecular weight excluding hydrogens is 210 g/mol. The Kier molecular flexibility index (Phi) is 2.36. The lowest BCUT2D eigenvalue weighted by Gasteiger charge is -2.25. The Morgan fingerprint density at radius 2 is 1.75 bits per heavy atom. The Labute approximate surface area is 94.4 Å². The zero-order valence-electron chi connectivity index (χ0n) is 9.77. The molecule has 5 nitrogen and oxygen atoms in total. The highest BCUT2D eigenvalue weighted by Crippen LogP contribution is 2.51. The summed E-state index contributed by atoms with van der Waals surface area (Å²) in [6.45, 7) is 6.51. The Balaban J connectivity index is 1.85. The summed E-state index contributed by atoms with van der Waals surface area (Å²) in [5.74, 6) is -0.687. The number of carbonyl (C=O) groups excluding carboxylic acids is 1. The normalized spacial score (nSPS) is 32.2. The van der Waals surface area contributed by atoms with Gasteiger partial charge in [0.1, 0.15) is 5.60 Å². The van der Waals surface area contributed by atoms with Crippen molar-refractivity contribution >= 4 is 12.1 Å². The molecule has 1 saturated heterocycles. The van der Waals surface area contributed by atoms with Gasteiger partial charge in [0, 0.05) is 13.1 Å². The maximum Gasteiger partial charge on any atom is 0.410 e. The lowest BCUT2D eigenvalue weighted by molar-refractivity contribution is -0.139. The number of hydrogen-bond donors (Lipinski definition) is 1. The highest BCUT2D eigenvalue weighted by atomic mass is 16.6. The molecule has 0 unspecified atom stereocenters. The molecule has 0 aromatic carbocycles. The van der Waals surface area contributed by atoms with Gasteiger partial charge >= 0.3 is 12.1 Å². The van der Waals surface area contributed by atoms with Gasteiger partial charge in [-0.2, -0.15) is 0 Å². The quantitative estimate of drug-likeness (QED) is 0.730. The lowest BCUT2D eigenvalue weighted by Crippen LogP contribution is -2.37. The van der Waals surface area contributed by atoms with Crippen LogP contribution in [-0.4, -0.2) is 40.8 Å². The predicted octanol–water partition coefficient (Wildman–Crippen LogP) is 1.18. The Bertz CT molecular complexity index is 321. The zero-order chi connectivity index (χ0) is 12.1. The second-order valence-corrected chi connectivity index (χ2v) is 5.58. The number of rotatable bonds is 1. The van der Waals surface area contributed by atoms with E-state index in [0.29, 0.717) is 13.1 Å². The monoisotopic (exact) mass is 227 g/mol. The minimum Gasteiger partial charge on any atom is -0.481 e. The van der Waals surface area contributed by atoms with Crippen molar-refractivity contribution in [3.05, 3.63) is 0 Å². The number of fused-ring (bicyclic) bond motifs is 1. The number of amides is 1. The maximum atomic E-state index is 11.7. The number of carbonyl (C=O) groups is 2. The van der Waals surface area contributed by atoms with E-state index in [4.69, 9.17) is 9.84 Å². The van der Waals surface area contributed by atoms with E-state index in [1.165, 1.54) is 0 Å². The van der Waals surface area contributed by atoms with Gasteiger partial charge in [0.05, 0.1) is 5.92 Å². The van der Waals surface area contributed by atoms with Crippen molar-refractivity contribution in [2.24, 2.45) is 17.8 Å². The van der Waals surface area contributed by atoms with E-state index in [2.05, 4.69) is 0 Å². The van der Waals surface area contributed by atoms with Gasteiger partial charge in [0.15, 0.2) is 0 Å². The standard InChI is InChI=1S/C11H17NO4/c1-11(2,3)16-10(15)12-4-6-7(5-12)8(6)9(13)14/h6-8H,4-5H2,1-3H3,(H,13,14)/t6-,7+,8-. The second-order valence-electron chi connectivity index (χ2n) is 5.58. The van der Waals surface area contributed by atoms with E-state index in [9.17, 15) is 9.59 Å². The largest absolute Gasteiger partial charge is 0.481 e. The van der Waals surface area contributed by atoms with Crippen molar-refractivity contribution in [1.82, 2.24) is 4.90 Å². The first-order valence-corrected chi connectivity index (χ1v) is 5.50. The summed E-state index contributed by atoms with van der Waals surface area (Å²) < 4.78 is 5.23. The molecule has 1 aliphatic heterocycles. The van der Waals surface area contributed by atoms with Gasteiger partial charge in [-0.25, -0.2) is 4.79 Å². The molecule has 5 heteroatoms. The summed E-state index contributed by atoms with van der Waals surface area (Å²) in [4.78, 5) is 24.0. The molecule has 16 heavy (non-hydrogen) atoms. The molecule has 0 radical (unpaired) electrons. The van der Waals surface area contributed by atoms with Gasteiger partial charge in [-0.1, -0.05) is 0 Å². The highest BCUT2D eigenvalue weighted by Gasteiger charge is 2.60. The first kappa shape index (κ1) is 11.2. The third-order valence-electron chi connectivity index (χ3n) is 3.13. The van der Waals surface area contributed by atoms with E-state index >= 15 is 0 Å². The fourth-order valence-electron chi connectivity index (χ4n) is 2.37. The SMILES string of the molecule is CC(C)(C)OC(=O)N1C[C@@H]2[C@H](C1)[C@@H]2C(=O)O. The summed E-state index contributed by atoms with van der Waals surface area (Å²) in [5, 5.41) is 8.84. The third-order valence-corrected chi connectivity index (χ3v) is 3.13. The Morgan fingerprint density at radius 3 is 2.12 bits per heavy atom. The van der Waals surface area contributed by atoms with Crippen LogP contribution in [0.3, 0.4) is 0 Å². The molecular formula is C11H17NO4. The zero-order valence-corrected chi connectivity index (χ0v) is 9.77. The highest BCUT2D eigenvalue weighted by molar-refractivity contribution is 5.76. The number of hydrogen-bond acceptors (Lipinski definition) is 3. The molecule has 0 aromatic heterocycles. The summed E-state index contributed by atoms with van der Waals surface area (Å²) >= 11 is 0. The molecule has 1 amide bonds. The molecule has 1 aliphatic carbocycles. The molecule has 2 fully saturated rings. The smallest absolute Gasteiger partial charge is 0.410 e. The molecule has 90 valence electrons. The van der Waals surface area contributed by atoms with Crippen LogP contribution in [0.2, 0.25) is 0 Å². The lowest BCUT2D eigenvalue weighted by atomic mass is 10.2. The van der Waals surface area contributed by atoms with Gasteiger partial charge in [-0.15, -0.1) is 0 Å². The van der Waals surface area contributed by atoms with Gasteiger partial charge in [-0.3, -0.25) is 4.79 Å². The molecule has 1 saturated carbocycles. The van der Waals surface area contributed by atoms with Crippen LogP contribution in [0.1, 0.15) is 20.8 Å². The van der Waals surface area contributed by atoms with Crippen molar-refractivity contribution < 1.29 is 19.4 Å². The Hall–Kier alpha value is -1.26. The number of likely N-dealkylation sites (tertiary alicyclic amines) is 1. The summed E-state index contributed by atoms with van der Waals surface area (Å²) in [6.07, 6.45) is -0.330. The number of aliphatic carboxylic acids is 1. The maximum absolute atomic E-state index is 11.7. The van der Waals surface area contributed by atoms with Crippen molar-refractivity contribution in [2.75, 3.05) is 13.1 Å². The Morgan fingerprint density at radius 1 is 1.25 bits per heavy atom. The molecule has 2 aliphatic rings. The van der Waals surface area contributed by atoms with Crippen LogP contribution in [0, 0.1) is 17.8 Å². The van der Waals surface area contributed by atoms with Gasteiger partial charge < -0.3 is 14.7 Å². The predicted molar refractivity (Wildman–Crippen MR) is 55.9 cm³/mol. The minimum atomic E-state index is -0.737. The van der Waals surface area contributed by atoms with E-state index in [-0.39, 0.29) is 23.8 Å². The number of carboxylic acids is 1. The average Bonchev–Trinajstić information content (AvgIpc) is 2.60. The first-order valence-electron chi connectivity index (χ1n) is 5.50. The van der Waals surface area contributed by atoms with E-state index in [0.717, 1.165) is 0 Å². The fourth-order valence-corrected chi connectivity index (χ4v) is 2.37. The number of ether oxygens (including phenoxy) is 1. The molecule has 1 N–H and O–H groups in total. The molecule has 0 aromatic rings. The average molecular weight is 227 g/mol. The minimum absolute atomic E-state index is 0.144. The van der Waals surface area contributed by atoms with Crippen molar-refractivity contribution in [3.63, 3.8) is 0 Å². The van der Waals surface area contributed by atoms with Crippen LogP contribution in [-0.2, 0) is 9.53 Å². The topological polar surface area (TPSA) is 66.8 Å². The van der Waals surface area contributed by atoms with Gasteiger partial charge in [0.25, 0.3) is 0 Å². The van der Waals surface area contributed by atoms with Crippen LogP contribution in [0.25, 0.3) is 0 Å². The first-order chi connectivity index (χ1) is 7.29. The van der Waals surface area contributed by atoms with Crippen LogP contribution < -0.4 is 0 Å². The molecule has 0 spiro atoms. The second kappa shape index (κ2) is 3.37. The number of piperidine rings is 1. The summed E-state index contributed by atoms with van der Waals surface area (Å²) in [5.41, 5.74) is -0.490. The summed E-state index contributed by atoms with van der Waals surface area (Å²) in [7, 11) is 0. The number of carboxylic acid groups (broad SMARTS) is 1. The van der Waals surface area contributed by atoms with Crippen LogP contribution in [0.15, 0.2) is 0 Å². The van der Waals surface area contributed by atoms with Crippen molar-refractivity contribution in [1.29, 1.82) is 0 Å². The number of nitrogens with zero attached hydrogens (tertiary/aromatic N) is 1. The molecule has 0 bridgehead atoms. The third kappa shape index (κ3) is 1.99. The van der Waals surface area contributed by atoms with Crippen LogP contribution in [0.4, 0.5) is 4.79 Å². The van der Waals surface area contributed by atoms with Crippen molar-refractivity contribution in [3.8, 4) is 0 Å². The van der Waals surface area contributed by atoms with E-state index in [1.807, 2.05) is 20.8 Å². The summed E-state index contributed by atoms with van der Waals surface area (Å²) in [6, 6.07) is 0. The molecule has 2 rings (SSSR count). The van der Waals surface area contributed by atoms with E-state index < -0.39 is 11.6 Å². The molecule has 1 heterocycles. The van der Waals surface area contributed by atoms with Gasteiger partial charge in [-0.05, 0) is 32.6 Å². The van der Waals surface area contributed by atoms with E-state index in [1.54, 1.807) is 4.90 Å². The van der Waals surface area contributed by atoms with Crippen LogP contribution in [0.5, 0.6) is 0 Å². The molecule has 3 atom stereocenters. The van der Waals surface area contributed by atoms with Gasteiger partial charge in [0.2, 0.25) is 0 Å². The van der Waals surface area contributed by atoms with Crippen LogP contribution >= 0.6 is 0 Å².